The zero-order valence-corrected chi connectivity index (χ0v) is 12.5. The molecule has 0 unspecified atom stereocenters. The summed E-state index contributed by atoms with van der Waals surface area (Å²) in [6.45, 7) is 4.39. The second kappa shape index (κ2) is 6.89. The van der Waals surface area contributed by atoms with Crippen LogP contribution in [0.15, 0.2) is 24.4 Å². The number of pyridine rings is 1. The summed E-state index contributed by atoms with van der Waals surface area (Å²) < 4.78 is 0. The predicted molar refractivity (Wildman–Crippen MR) is 83.3 cm³/mol. The number of anilines is 1. The van der Waals surface area contributed by atoms with E-state index in [2.05, 4.69) is 21.3 Å². The molecule has 1 aromatic rings. The Bertz CT molecular complexity index is 451. The molecule has 2 saturated heterocycles. The van der Waals surface area contributed by atoms with E-state index in [9.17, 15) is 4.79 Å². The summed E-state index contributed by atoms with van der Waals surface area (Å²) >= 11 is 0. The summed E-state index contributed by atoms with van der Waals surface area (Å²) in [5.74, 6) is 1.32. The van der Waals surface area contributed by atoms with Gasteiger partial charge in [0, 0.05) is 38.4 Å². The minimum atomic E-state index is 0.264. The number of nitrogens with zero attached hydrogens (tertiary/aromatic N) is 3. The summed E-state index contributed by atoms with van der Waals surface area (Å²) in [5.41, 5.74) is 0. The molecule has 1 amide bonds. The van der Waals surface area contributed by atoms with Gasteiger partial charge >= 0.3 is 0 Å². The number of piperidine rings is 1. The number of carbonyl (C=O) groups excluding carboxylic acids is 1. The number of likely N-dealkylation sites (tertiary alicyclic amines) is 1. The van der Waals surface area contributed by atoms with Crippen molar-refractivity contribution in [3.05, 3.63) is 24.4 Å². The van der Waals surface area contributed by atoms with E-state index in [1.807, 2.05) is 23.2 Å². The number of hydrogen-bond acceptors (Lipinski definition) is 4. The molecule has 2 fully saturated rings. The molecular weight excluding hydrogens is 264 g/mol. The lowest BCUT2D eigenvalue weighted by atomic mass is 10.1. The lowest BCUT2D eigenvalue weighted by Crippen LogP contribution is -2.46. The van der Waals surface area contributed by atoms with Crippen molar-refractivity contribution < 1.29 is 4.79 Å². The highest BCUT2D eigenvalue weighted by molar-refractivity contribution is 5.78. The number of aromatic nitrogens is 1. The third-order valence-electron chi connectivity index (χ3n) is 4.47. The van der Waals surface area contributed by atoms with Crippen LogP contribution in [0.3, 0.4) is 0 Å². The summed E-state index contributed by atoms with van der Waals surface area (Å²) in [4.78, 5) is 20.7. The molecule has 1 N–H and O–H groups in total. The van der Waals surface area contributed by atoms with E-state index >= 15 is 0 Å². The summed E-state index contributed by atoms with van der Waals surface area (Å²) in [6.07, 6.45) is 6.31. The SMILES string of the molecule is O=C(CNC1CCN(c2ccccn2)CC1)N1CCCC1. The number of carbonyl (C=O) groups is 1. The van der Waals surface area contributed by atoms with Gasteiger partial charge in [0.05, 0.1) is 6.54 Å². The Morgan fingerprint density at radius 3 is 2.62 bits per heavy atom. The Morgan fingerprint density at radius 1 is 1.19 bits per heavy atom. The zero-order chi connectivity index (χ0) is 14.5. The second-order valence-electron chi connectivity index (χ2n) is 5.92. The van der Waals surface area contributed by atoms with Gasteiger partial charge in [0.25, 0.3) is 0 Å². The Hall–Kier alpha value is -1.62. The van der Waals surface area contributed by atoms with Crippen molar-refractivity contribution in [2.24, 2.45) is 0 Å². The van der Waals surface area contributed by atoms with Crippen molar-refractivity contribution >= 4 is 11.7 Å². The minimum Gasteiger partial charge on any atom is -0.357 e. The van der Waals surface area contributed by atoms with E-state index in [1.54, 1.807) is 0 Å². The van der Waals surface area contributed by atoms with Crippen LogP contribution in [0.25, 0.3) is 0 Å². The van der Waals surface area contributed by atoms with Crippen molar-refractivity contribution in [1.82, 2.24) is 15.2 Å². The van der Waals surface area contributed by atoms with E-state index in [-0.39, 0.29) is 5.91 Å². The van der Waals surface area contributed by atoms with Gasteiger partial charge in [-0.1, -0.05) is 6.07 Å². The molecule has 0 spiro atoms. The summed E-state index contributed by atoms with van der Waals surface area (Å²) in [7, 11) is 0. The third-order valence-corrected chi connectivity index (χ3v) is 4.47. The standard InChI is InChI=1S/C16H24N4O/c21-16(20-9-3-4-10-20)13-18-14-6-11-19(12-7-14)15-5-1-2-8-17-15/h1-2,5,8,14,18H,3-4,6-7,9-13H2. The molecule has 21 heavy (non-hydrogen) atoms. The Balaban J connectivity index is 1.40. The first-order valence-electron chi connectivity index (χ1n) is 8.00. The van der Waals surface area contributed by atoms with E-state index in [4.69, 9.17) is 0 Å². The lowest BCUT2D eigenvalue weighted by molar-refractivity contribution is -0.129. The van der Waals surface area contributed by atoms with Crippen molar-refractivity contribution in [1.29, 1.82) is 0 Å². The van der Waals surface area contributed by atoms with Crippen LogP contribution in [-0.4, -0.2) is 54.6 Å². The van der Waals surface area contributed by atoms with E-state index in [1.165, 1.54) is 0 Å². The number of amides is 1. The van der Waals surface area contributed by atoms with Gasteiger partial charge in [-0.15, -0.1) is 0 Å². The highest BCUT2D eigenvalue weighted by atomic mass is 16.2. The van der Waals surface area contributed by atoms with Crippen LogP contribution in [0.2, 0.25) is 0 Å². The van der Waals surface area contributed by atoms with Crippen LogP contribution in [0.4, 0.5) is 5.82 Å². The highest BCUT2D eigenvalue weighted by Crippen LogP contribution is 2.17. The van der Waals surface area contributed by atoms with Crippen LogP contribution in [0.1, 0.15) is 25.7 Å². The molecular formula is C16H24N4O. The Morgan fingerprint density at radius 2 is 1.95 bits per heavy atom. The molecule has 3 heterocycles. The van der Waals surface area contributed by atoms with Crippen LogP contribution < -0.4 is 10.2 Å². The molecule has 3 rings (SSSR count). The molecule has 5 nitrogen and oxygen atoms in total. The Labute approximate surface area is 126 Å². The normalized spacial score (nSPS) is 20.0. The molecule has 0 aromatic carbocycles. The van der Waals surface area contributed by atoms with Crippen LogP contribution in [-0.2, 0) is 4.79 Å². The number of rotatable bonds is 4. The molecule has 0 aliphatic carbocycles. The molecule has 0 radical (unpaired) electrons. The van der Waals surface area contributed by atoms with Gasteiger partial charge in [0.15, 0.2) is 0 Å². The molecule has 5 heteroatoms. The maximum atomic E-state index is 12.0. The molecule has 0 atom stereocenters. The fourth-order valence-corrected chi connectivity index (χ4v) is 3.16. The number of hydrogen-bond donors (Lipinski definition) is 1. The molecule has 2 aliphatic rings. The van der Waals surface area contributed by atoms with Crippen molar-refractivity contribution in [3.63, 3.8) is 0 Å². The monoisotopic (exact) mass is 288 g/mol. The van der Waals surface area contributed by atoms with Crippen LogP contribution in [0.5, 0.6) is 0 Å². The van der Waals surface area contributed by atoms with Crippen molar-refractivity contribution in [2.45, 2.75) is 31.7 Å². The zero-order valence-electron chi connectivity index (χ0n) is 12.5. The van der Waals surface area contributed by atoms with Gasteiger partial charge in [-0.2, -0.15) is 0 Å². The summed E-state index contributed by atoms with van der Waals surface area (Å²) in [6, 6.07) is 6.49. The Kier molecular flexibility index (Phi) is 4.70. The third kappa shape index (κ3) is 3.73. The fraction of sp³-hybridized carbons (Fsp3) is 0.625. The predicted octanol–water partition coefficient (Wildman–Crippen LogP) is 1.26. The largest absolute Gasteiger partial charge is 0.357 e. The quantitative estimate of drug-likeness (QED) is 0.906. The molecule has 114 valence electrons. The maximum absolute atomic E-state index is 12.0. The van der Waals surface area contributed by atoms with Crippen LogP contribution >= 0.6 is 0 Å². The van der Waals surface area contributed by atoms with Gasteiger partial charge < -0.3 is 15.1 Å². The van der Waals surface area contributed by atoms with Gasteiger partial charge in [0.2, 0.25) is 5.91 Å². The second-order valence-corrected chi connectivity index (χ2v) is 5.92. The van der Waals surface area contributed by atoms with E-state index in [0.29, 0.717) is 12.6 Å². The van der Waals surface area contributed by atoms with Gasteiger partial charge in [-0.05, 0) is 37.8 Å². The summed E-state index contributed by atoms with van der Waals surface area (Å²) in [5, 5.41) is 3.43. The smallest absolute Gasteiger partial charge is 0.236 e. The van der Waals surface area contributed by atoms with Gasteiger partial charge in [-0.25, -0.2) is 4.98 Å². The maximum Gasteiger partial charge on any atom is 0.236 e. The average Bonchev–Trinajstić information content (AvgIpc) is 3.08. The van der Waals surface area contributed by atoms with Crippen LogP contribution in [0, 0.1) is 0 Å². The fourth-order valence-electron chi connectivity index (χ4n) is 3.16. The van der Waals surface area contributed by atoms with E-state index in [0.717, 1.165) is 57.7 Å². The first-order chi connectivity index (χ1) is 10.3. The van der Waals surface area contributed by atoms with Gasteiger partial charge in [-0.3, -0.25) is 4.79 Å². The highest BCUT2D eigenvalue weighted by Gasteiger charge is 2.22. The lowest BCUT2D eigenvalue weighted by Gasteiger charge is -2.33. The molecule has 1 aromatic heterocycles. The van der Waals surface area contributed by atoms with Gasteiger partial charge in [0.1, 0.15) is 5.82 Å². The van der Waals surface area contributed by atoms with Crippen molar-refractivity contribution in [2.75, 3.05) is 37.6 Å². The minimum absolute atomic E-state index is 0.264. The molecule has 2 aliphatic heterocycles. The first kappa shape index (κ1) is 14.3. The average molecular weight is 288 g/mol. The first-order valence-corrected chi connectivity index (χ1v) is 8.00. The van der Waals surface area contributed by atoms with Crippen molar-refractivity contribution in [3.8, 4) is 0 Å². The molecule has 0 saturated carbocycles. The number of nitrogens with one attached hydrogen (secondary N) is 1. The molecule has 0 bridgehead atoms. The van der Waals surface area contributed by atoms with E-state index < -0.39 is 0 Å². The topological polar surface area (TPSA) is 48.5 Å².